The minimum atomic E-state index is 0.151. The Hall–Kier alpha value is -1.87. The predicted molar refractivity (Wildman–Crippen MR) is 76.0 cm³/mol. The molecule has 1 N–H and O–H groups in total. The Balaban J connectivity index is 1.85. The van der Waals surface area contributed by atoms with Gasteiger partial charge in [-0.2, -0.15) is 0 Å². The number of nitrogens with zero attached hydrogens (tertiary/aromatic N) is 1. The first-order valence-corrected chi connectivity index (χ1v) is 6.71. The fourth-order valence-corrected chi connectivity index (χ4v) is 2.86. The van der Waals surface area contributed by atoms with Crippen molar-refractivity contribution in [3.8, 4) is 0 Å². The molecule has 0 saturated heterocycles. The largest absolute Gasteiger partial charge is 0.364 e. The van der Waals surface area contributed by atoms with Crippen LogP contribution in [0.15, 0.2) is 47.4 Å². The van der Waals surface area contributed by atoms with E-state index < -0.39 is 0 Å². The highest BCUT2D eigenvalue weighted by Gasteiger charge is 2.24. The van der Waals surface area contributed by atoms with Crippen LogP contribution in [0.1, 0.15) is 29.7 Å². The zero-order valence-electron chi connectivity index (χ0n) is 11.1. The van der Waals surface area contributed by atoms with E-state index >= 15 is 0 Å². The Morgan fingerprint density at radius 3 is 2.84 bits per heavy atom. The van der Waals surface area contributed by atoms with Crippen molar-refractivity contribution in [2.24, 2.45) is 0 Å². The fourth-order valence-electron chi connectivity index (χ4n) is 2.86. The number of aromatic nitrogens is 1. The standard InChI is InChI=1S/C16H18N2O/c1-12-9-18(10-13-5-3-2-4-6-13)11-14-15(19)7-8-17-16(12)14/h2-8,12H,9-11H2,1H3,(H,17,19). The van der Waals surface area contributed by atoms with Crippen molar-refractivity contribution >= 4 is 0 Å². The number of benzene rings is 1. The van der Waals surface area contributed by atoms with Gasteiger partial charge in [0, 0.05) is 49.1 Å². The second-order valence-corrected chi connectivity index (χ2v) is 5.29. The van der Waals surface area contributed by atoms with E-state index in [2.05, 4.69) is 41.1 Å². The van der Waals surface area contributed by atoms with E-state index in [4.69, 9.17) is 0 Å². The molecular weight excluding hydrogens is 236 g/mol. The Kier molecular flexibility index (Phi) is 3.22. The van der Waals surface area contributed by atoms with Gasteiger partial charge in [-0.15, -0.1) is 0 Å². The Labute approximate surface area is 112 Å². The van der Waals surface area contributed by atoms with Crippen molar-refractivity contribution in [2.75, 3.05) is 6.54 Å². The zero-order chi connectivity index (χ0) is 13.2. The lowest BCUT2D eigenvalue weighted by atomic mass is 9.96. The molecule has 0 saturated carbocycles. The van der Waals surface area contributed by atoms with Crippen molar-refractivity contribution < 1.29 is 0 Å². The third kappa shape index (κ3) is 2.47. The van der Waals surface area contributed by atoms with Crippen molar-refractivity contribution in [3.63, 3.8) is 0 Å². The molecular formula is C16H18N2O. The first-order chi connectivity index (χ1) is 9.24. The quantitative estimate of drug-likeness (QED) is 0.894. The molecule has 98 valence electrons. The van der Waals surface area contributed by atoms with E-state index in [0.29, 0.717) is 5.92 Å². The highest BCUT2D eigenvalue weighted by molar-refractivity contribution is 5.26. The predicted octanol–water partition coefficient (Wildman–Crippen LogP) is 2.49. The molecule has 19 heavy (non-hydrogen) atoms. The number of H-pyrrole nitrogens is 1. The molecule has 1 unspecified atom stereocenters. The third-order valence-electron chi connectivity index (χ3n) is 3.75. The first-order valence-electron chi connectivity index (χ1n) is 6.71. The van der Waals surface area contributed by atoms with Gasteiger partial charge in [0.15, 0.2) is 5.43 Å². The maximum Gasteiger partial charge on any atom is 0.186 e. The highest BCUT2D eigenvalue weighted by atomic mass is 16.1. The van der Waals surface area contributed by atoms with Gasteiger partial charge < -0.3 is 4.98 Å². The summed E-state index contributed by atoms with van der Waals surface area (Å²) >= 11 is 0. The van der Waals surface area contributed by atoms with Gasteiger partial charge in [0.05, 0.1) is 0 Å². The summed E-state index contributed by atoms with van der Waals surface area (Å²) in [5, 5.41) is 0. The van der Waals surface area contributed by atoms with Crippen LogP contribution in [0.25, 0.3) is 0 Å². The first kappa shape index (κ1) is 12.2. The molecule has 1 aliphatic heterocycles. The summed E-state index contributed by atoms with van der Waals surface area (Å²) < 4.78 is 0. The molecule has 3 rings (SSSR count). The second-order valence-electron chi connectivity index (χ2n) is 5.29. The summed E-state index contributed by atoms with van der Waals surface area (Å²) in [6.45, 7) is 4.80. The van der Waals surface area contributed by atoms with Crippen molar-refractivity contribution in [3.05, 3.63) is 69.6 Å². The molecule has 0 spiro atoms. The molecule has 0 radical (unpaired) electrons. The lowest BCUT2D eigenvalue weighted by Crippen LogP contribution is -2.36. The molecule has 1 aliphatic rings. The Bertz CT molecular complexity index is 618. The molecule has 2 heterocycles. The lowest BCUT2D eigenvalue weighted by molar-refractivity contribution is 0.223. The number of hydrogen-bond acceptors (Lipinski definition) is 2. The average molecular weight is 254 g/mol. The molecule has 0 bridgehead atoms. The van der Waals surface area contributed by atoms with Gasteiger partial charge in [-0.25, -0.2) is 0 Å². The number of pyridine rings is 1. The number of aromatic amines is 1. The fraction of sp³-hybridized carbons (Fsp3) is 0.312. The molecule has 0 fully saturated rings. The van der Waals surface area contributed by atoms with E-state index in [1.165, 1.54) is 5.56 Å². The lowest BCUT2D eigenvalue weighted by Gasteiger charge is -2.32. The number of fused-ring (bicyclic) bond motifs is 1. The van der Waals surface area contributed by atoms with Crippen molar-refractivity contribution in [1.82, 2.24) is 9.88 Å². The van der Waals surface area contributed by atoms with Crippen LogP contribution in [0.4, 0.5) is 0 Å². The molecule has 0 aliphatic carbocycles. The Morgan fingerprint density at radius 2 is 2.05 bits per heavy atom. The summed E-state index contributed by atoms with van der Waals surface area (Å²) in [6, 6.07) is 12.0. The smallest absolute Gasteiger partial charge is 0.186 e. The summed E-state index contributed by atoms with van der Waals surface area (Å²) in [5.41, 5.74) is 3.48. The normalized spacial score (nSPS) is 19.1. The average Bonchev–Trinajstić information content (AvgIpc) is 2.41. The summed E-state index contributed by atoms with van der Waals surface area (Å²) in [6.07, 6.45) is 1.75. The summed E-state index contributed by atoms with van der Waals surface area (Å²) in [7, 11) is 0. The van der Waals surface area contributed by atoms with Crippen LogP contribution in [0.5, 0.6) is 0 Å². The van der Waals surface area contributed by atoms with E-state index in [-0.39, 0.29) is 5.43 Å². The summed E-state index contributed by atoms with van der Waals surface area (Å²) in [4.78, 5) is 17.5. The van der Waals surface area contributed by atoms with Gasteiger partial charge >= 0.3 is 0 Å². The Morgan fingerprint density at radius 1 is 1.26 bits per heavy atom. The summed E-state index contributed by atoms with van der Waals surface area (Å²) in [5.74, 6) is 0.376. The third-order valence-corrected chi connectivity index (χ3v) is 3.75. The second kappa shape index (κ2) is 5.02. The van der Waals surface area contributed by atoms with E-state index in [1.807, 2.05) is 6.07 Å². The minimum absolute atomic E-state index is 0.151. The molecule has 3 heteroatoms. The SMILES string of the molecule is CC1CN(Cc2ccccc2)Cc2c1[nH]ccc2=O. The van der Waals surface area contributed by atoms with Gasteiger partial charge in [-0.3, -0.25) is 9.69 Å². The van der Waals surface area contributed by atoms with Gasteiger partial charge in [0.2, 0.25) is 0 Å². The molecule has 3 nitrogen and oxygen atoms in total. The van der Waals surface area contributed by atoms with Crippen LogP contribution in [-0.4, -0.2) is 16.4 Å². The molecule has 1 atom stereocenters. The molecule has 0 amide bonds. The van der Waals surface area contributed by atoms with Crippen molar-refractivity contribution in [1.29, 1.82) is 0 Å². The molecule has 1 aromatic carbocycles. The van der Waals surface area contributed by atoms with Gasteiger partial charge in [0.1, 0.15) is 0 Å². The van der Waals surface area contributed by atoms with Crippen molar-refractivity contribution in [2.45, 2.75) is 25.9 Å². The zero-order valence-corrected chi connectivity index (χ0v) is 11.1. The van der Waals surface area contributed by atoms with E-state index in [1.54, 1.807) is 12.3 Å². The van der Waals surface area contributed by atoms with Gasteiger partial charge in [-0.1, -0.05) is 37.3 Å². The van der Waals surface area contributed by atoms with E-state index in [0.717, 1.165) is 30.9 Å². The van der Waals surface area contributed by atoms with Crippen LogP contribution < -0.4 is 5.43 Å². The number of hydrogen-bond donors (Lipinski definition) is 1. The van der Waals surface area contributed by atoms with Crippen LogP contribution >= 0.6 is 0 Å². The van der Waals surface area contributed by atoms with E-state index in [9.17, 15) is 4.79 Å². The number of nitrogens with one attached hydrogen (secondary N) is 1. The monoisotopic (exact) mass is 254 g/mol. The van der Waals surface area contributed by atoms with Gasteiger partial charge in [-0.05, 0) is 5.56 Å². The minimum Gasteiger partial charge on any atom is -0.364 e. The molecule has 1 aromatic heterocycles. The topological polar surface area (TPSA) is 36.1 Å². The van der Waals surface area contributed by atoms with Crippen LogP contribution in [0.3, 0.4) is 0 Å². The van der Waals surface area contributed by atoms with Crippen LogP contribution in [0, 0.1) is 0 Å². The van der Waals surface area contributed by atoms with Gasteiger partial charge in [0.25, 0.3) is 0 Å². The van der Waals surface area contributed by atoms with Crippen LogP contribution in [-0.2, 0) is 13.1 Å². The maximum absolute atomic E-state index is 12.0. The number of rotatable bonds is 2. The highest BCUT2D eigenvalue weighted by Crippen LogP contribution is 2.24. The molecule has 2 aromatic rings. The maximum atomic E-state index is 12.0. The van der Waals surface area contributed by atoms with Crippen LogP contribution in [0.2, 0.25) is 0 Å².